The number of hydrogen-bond acceptors (Lipinski definition) is 2. The van der Waals surface area contributed by atoms with Crippen LogP contribution in [-0.2, 0) is 4.79 Å². The molecule has 116 valence electrons. The molecule has 1 aliphatic carbocycles. The standard InChI is InChI=1S/C17H22F2O2/c1-2-3-10-21-15-9-8-14(16(18)17(15)19)13-6-4-12(11-20)5-7-13/h8-9,11-13H,2-7,10H2,1H3. The monoisotopic (exact) mass is 296 g/mol. The average Bonchev–Trinajstić information content (AvgIpc) is 2.52. The van der Waals surface area contributed by atoms with Crippen LogP contribution in [0.2, 0.25) is 0 Å². The molecular formula is C17H22F2O2. The molecule has 2 nitrogen and oxygen atoms in total. The predicted octanol–water partition coefficient (Wildman–Crippen LogP) is 4.62. The fourth-order valence-corrected chi connectivity index (χ4v) is 2.87. The minimum Gasteiger partial charge on any atom is -0.490 e. The van der Waals surface area contributed by atoms with E-state index in [2.05, 4.69) is 0 Å². The topological polar surface area (TPSA) is 26.3 Å². The molecule has 2 rings (SSSR count). The lowest BCUT2D eigenvalue weighted by atomic mass is 9.79. The van der Waals surface area contributed by atoms with Gasteiger partial charge in [-0.15, -0.1) is 0 Å². The second-order valence-electron chi connectivity index (χ2n) is 5.73. The fraction of sp³-hybridized carbons (Fsp3) is 0.588. The number of benzene rings is 1. The minimum absolute atomic E-state index is 0.000363. The third-order valence-corrected chi connectivity index (χ3v) is 4.24. The molecule has 4 heteroatoms. The highest BCUT2D eigenvalue weighted by molar-refractivity contribution is 5.53. The molecule has 0 radical (unpaired) electrons. The van der Waals surface area contributed by atoms with E-state index >= 15 is 0 Å². The van der Waals surface area contributed by atoms with E-state index < -0.39 is 11.6 Å². The molecule has 0 aromatic heterocycles. The van der Waals surface area contributed by atoms with Gasteiger partial charge < -0.3 is 9.53 Å². The summed E-state index contributed by atoms with van der Waals surface area (Å²) in [6.07, 6.45) is 5.71. The van der Waals surface area contributed by atoms with Crippen molar-refractivity contribution in [2.24, 2.45) is 5.92 Å². The van der Waals surface area contributed by atoms with Crippen LogP contribution in [0.3, 0.4) is 0 Å². The van der Waals surface area contributed by atoms with Crippen molar-refractivity contribution in [2.45, 2.75) is 51.4 Å². The van der Waals surface area contributed by atoms with Gasteiger partial charge in [-0.25, -0.2) is 4.39 Å². The maximum absolute atomic E-state index is 14.2. The zero-order chi connectivity index (χ0) is 15.2. The van der Waals surface area contributed by atoms with Gasteiger partial charge in [0.1, 0.15) is 6.29 Å². The molecular weight excluding hydrogens is 274 g/mol. The molecule has 0 heterocycles. The molecule has 0 N–H and O–H groups in total. The summed E-state index contributed by atoms with van der Waals surface area (Å²) in [5, 5.41) is 0. The van der Waals surface area contributed by atoms with E-state index in [-0.39, 0.29) is 17.6 Å². The van der Waals surface area contributed by atoms with Gasteiger partial charge in [-0.2, -0.15) is 4.39 Å². The van der Waals surface area contributed by atoms with Gasteiger partial charge in [-0.05, 0) is 49.7 Å². The quantitative estimate of drug-likeness (QED) is 0.565. The number of rotatable bonds is 6. The fourth-order valence-electron chi connectivity index (χ4n) is 2.87. The van der Waals surface area contributed by atoms with Crippen molar-refractivity contribution < 1.29 is 18.3 Å². The molecule has 1 aromatic rings. The average molecular weight is 296 g/mol. The van der Waals surface area contributed by atoms with Crippen molar-refractivity contribution in [1.29, 1.82) is 0 Å². The highest BCUT2D eigenvalue weighted by atomic mass is 19.2. The van der Waals surface area contributed by atoms with Gasteiger partial charge >= 0.3 is 0 Å². The summed E-state index contributed by atoms with van der Waals surface area (Å²) in [5.41, 5.74) is 0.416. The highest BCUT2D eigenvalue weighted by Crippen LogP contribution is 2.38. The van der Waals surface area contributed by atoms with Crippen LogP contribution in [-0.4, -0.2) is 12.9 Å². The SMILES string of the molecule is CCCCOc1ccc(C2CCC(C=O)CC2)c(F)c1F. The number of carbonyl (C=O) groups excluding carboxylic acids is 1. The van der Waals surface area contributed by atoms with E-state index in [0.717, 1.165) is 44.8 Å². The molecule has 1 fully saturated rings. The van der Waals surface area contributed by atoms with Crippen molar-refractivity contribution >= 4 is 6.29 Å². The molecule has 21 heavy (non-hydrogen) atoms. The summed E-state index contributed by atoms with van der Waals surface area (Å²) < 4.78 is 33.5. The summed E-state index contributed by atoms with van der Waals surface area (Å²) in [6.45, 7) is 2.41. The normalized spacial score (nSPS) is 22.0. The Labute approximate surface area is 124 Å². The number of hydrogen-bond donors (Lipinski definition) is 0. The van der Waals surface area contributed by atoms with Crippen LogP contribution in [0.4, 0.5) is 8.78 Å². The summed E-state index contributed by atoms with van der Waals surface area (Å²) in [7, 11) is 0. The molecule has 0 saturated heterocycles. The number of aldehydes is 1. The van der Waals surface area contributed by atoms with Crippen LogP contribution < -0.4 is 4.74 Å². The zero-order valence-electron chi connectivity index (χ0n) is 12.4. The summed E-state index contributed by atoms with van der Waals surface area (Å²) in [6, 6.07) is 3.15. The third-order valence-electron chi connectivity index (χ3n) is 4.24. The second kappa shape index (κ2) is 7.53. The van der Waals surface area contributed by atoms with E-state index in [1.165, 1.54) is 6.07 Å². The summed E-state index contributed by atoms with van der Waals surface area (Å²) in [5.74, 6) is -1.61. The number of halogens is 2. The summed E-state index contributed by atoms with van der Waals surface area (Å²) >= 11 is 0. The van der Waals surface area contributed by atoms with Crippen LogP contribution in [0.25, 0.3) is 0 Å². The molecule has 0 aliphatic heterocycles. The van der Waals surface area contributed by atoms with Crippen LogP contribution in [0.5, 0.6) is 5.75 Å². The lowest BCUT2D eigenvalue weighted by molar-refractivity contribution is -0.111. The Morgan fingerprint density at radius 2 is 1.90 bits per heavy atom. The Balaban J connectivity index is 2.08. The predicted molar refractivity (Wildman–Crippen MR) is 77.5 cm³/mol. The van der Waals surface area contributed by atoms with Crippen LogP contribution in [0, 0.1) is 17.6 Å². The third kappa shape index (κ3) is 3.80. The first kappa shape index (κ1) is 15.9. The Bertz CT molecular complexity index is 480. The lowest BCUT2D eigenvalue weighted by Gasteiger charge is -2.26. The Kier molecular flexibility index (Phi) is 5.71. The van der Waals surface area contributed by atoms with Crippen molar-refractivity contribution in [3.63, 3.8) is 0 Å². The van der Waals surface area contributed by atoms with Crippen molar-refractivity contribution in [2.75, 3.05) is 6.61 Å². The van der Waals surface area contributed by atoms with E-state index in [0.29, 0.717) is 12.2 Å². The van der Waals surface area contributed by atoms with Gasteiger partial charge in [0.25, 0.3) is 0 Å². The van der Waals surface area contributed by atoms with E-state index in [1.807, 2.05) is 6.92 Å². The van der Waals surface area contributed by atoms with Gasteiger partial charge in [0.2, 0.25) is 5.82 Å². The largest absolute Gasteiger partial charge is 0.490 e. The first-order valence-electron chi connectivity index (χ1n) is 7.73. The zero-order valence-corrected chi connectivity index (χ0v) is 12.4. The van der Waals surface area contributed by atoms with E-state index in [9.17, 15) is 13.6 Å². The minimum atomic E-state index is -0.888. The van der Waals surface area contributed by atoms with Gasteiger partial charge in [-0.3, -0.25) is 0 Å². The van der Waals surface area contributed by atoms with Gasteiger partial charge in [0, 0.05) is 5.92 Å². The van der Waals surface area contributed by atoms with Crippen LogP contribution in [0.1, 0.15) is 56.9 Å². The second-order valence-corrected chi connectivity index (χ2v) is 5.73. The molecule has 0 atom stereocenters. The summed E-state index contributed by atoms with van der Waals surface area (Å²) in [4.78, 5) is 10.7. The first-order chi connectivity index (χ1) is 10.2. The number of unbranched alkanes of at least 4 members (excludes halogenated alkanes) is 1. The van der Waals surface area contributed by atoms with Crippen LogP contribution >= 0.6 is 0 Å². The van der Waals surface area contributed by atoms with Crippen molar-refractivity contribution in [1.82, 2.24) is 0 Å². The molecule has 0 unspecified atom stereocenters. The van der Waals surface area contributed by atoms with Gasteiger partial charge in [-0.1, -0.05) is 19.4 Å². The molecule has 1 aromatic carbocycles. The van der Waals surface area contributed by atoms with E-state index in [4.69, 9.17) is 4.74 Å². The number of carbonyl (C=O) groups is 1. The Morgan fingerprint density at radius 3 is 2.52 bits per heavy atom. The first-order valence-corrected chi connectivity index (χ1v) is 7.73. The highest BCUT2D eigenvalue weighted by Gasteiger charge is 2.26. The van der Waals surface area contributed by atoms with Crippen molar-refractivity contribution in [3.05, 3.63) is 29.3 Å². The van der Waals surface area contributed by atoms with Crippen molar-refractivity contribution in [3.8, 4) is 5.75 Å². The number of ether oxygens (including phenoxy) is 1. The Morgan fingerprint density at radius 1 is 1.19 bits per heavy atom. The van der Waals surface area contributed by atoms with Gasteiger partial charge in [0.15, 0.2) is 11.6 Å². The van der Waals surface area contributed by atoms with Crippen LogP contribution in [0.15, 0.2) is 12.1 Å². The molecule has 0 amide bonds. The molecule has 0 bridgehead atoms. The van der Waals surface area contributed by atoms with Gasteiger partial charge in [0.05, 0.1) is 6.61 Å². The lowest BCUT2D eigenvalue weighted by Crippen LogP contribution is -2.15. The Hall–Kier alpha value is -1.45. The van der Waals surface area contributed by atoms with E-state index in [1.54, 1.807) is 6.07 Å². The maximum Gasteiger partial charge on any atom is 0.200 e. The maximum atomic E-state index is 14.2. The molecule has 1 aliphatic rings. The molecule has 0 spiro atoms. The smallest absolute Gasteiger partial charge is 0.200 e. The molecule has 1 saturated carbocycles.